The van der Waals surface area contributed by atoms with Gasteiger partial charge in [-0.15, -0.1) is 17.8 Å². The maximum atomic E-state index is 12.4. The van der Waals surface area contributed by atoms with Gasteiger partial charge in [0.2, 0.25) is 5.91 Å². The summed E-state index contributed by atoms with van der Waals surface area (Å²) in [7, 11) is 1.50. The smallest absolute Gasteiger partial charge is 0.321 e. The number of carbonyl (C=O) groups excluding carboxylic acids is 3. The first-order valence-corrected chi connectivity index (χ1v) is 10.8. The highest BCUT2D eigenvalue weighted by Crippen LogP contribution is 2.24. The monoisotopic (exact) mass is 446 g/mol. The Bertz CT molecular complexity index is 1180. The number of carbonyl (C=O) groups is 3. The number of amides is 3. The molecule has 0 aliphatic heterocycles. The van der Waals surface area contributed by atoms with Crippen molar-refractivity contribution in [3.8, 4) is 23.5 Å². The summed E-state index contributed by atoms with van der Waals surface area (Å²) >= 11 is 1.23. The molecule has 0 unspecified atom stereocenters. The van der Waals surface area contributed by atoms with Gasteiger partial charge < -0.3 is 10.6 Å². The maximum absolute atomic E-state index is 12.4. The third-order valence-electron chi connectivity index (χ3n) is 4.74. The maximum Gasteiger partial charge on any atom is 0.321 e. The van der Waals surface area contributed by atoms with Crippen molar-refractivity contribution in [3.63, 3.8) is 0 Å². The number of Topliss-reactive ketones (excluding diaryl/α,β-unsaturated/α-hetero) is 1. The highest BCUT2D eigenvalue weighted by atomic mass is 32.1. The topological polar surface area (TPSA) is 100 Å². The van der Waals surface area contributed by atoms with Crippen LogP contribution < -0.4 is 16.0 Å². The summed E-state index contributed by atoms with van der Waals surface area (Å²) < 4.78 is 0. The fraction of sp³-hybridized carbons (Fsp3) is 0.167. The molecule has 1 aromatic heterocycles. The zero-order valence-corrected chi connectivity index (χ0v) is 18.5. The second kappa shape index (κ2) is 10.4. The average molecular weight is 447 g/mol. The SMILES string of the molecule is C#Cc1nc(NC(=O)N[C@@H](C(=O)NC)c2ccc(-c3cccc(C(=O)CC)c3)cc2)cs1. The lowest BCUT2D eigenvalue weighted by atomic mass is 9.98. The minimum Gasteiger partial charge on any atom is -0.357 e. The first-order chi connectivity index (χ1) is 15.4. The van der Waals surface area contributed by atoms with Crippen LogP contribution in [0.2, 0.25) is 0 Å². The predicted octanol–water partition coefficient (Wildman–Crippen LogP) is 3.99. The number of benzene rings is 2. The Labute approximate surface area is 190 Å². The first kappa shape index (κ1) is 22.7. The molecule has 0 aliphatic carbocycles. The second-order valence-corrected chi connectivity index (χ2v) is 7.67. The van der Waals surface area contributed by atoms with Crippen LogP contribution in [0.4, 0.5) is 10.6 Å². The molecule has 3 amide bonds. The van der Waals surface area contributed by atoms with E-state index in [4.69, 9.17) is 6.42 Å². The van der Waals surface area contributed by atoms with Crippen molar-refractivity contribution in [1.82, 2.24) is 15.6 Å². The lowest BCUT2D eigenvalue weighted by Gasteiger charge is -2.18. The molecule has 2 aromatic carbocycles. The number of hydrogen-bond donors (Lipinski definition) is 3. The van der Waals surface area contributed by atoms with Crippen LogP contribution in [0, 0.1) is 12.3 Å². The summed E-state index contributed by atoms with van der Waals surface area (Å²) in [6.45, 7) is 1.83. The molecule has 1 heterocycles. The number of anilines is 1. The van der Waals surface area contributed by atoms with Crippen molar-refractivity contribution >= 4 is 34.9 Å². The Morgan fingerprint density at radius 3 is 2.50 bits per heavy atom. The van der Waals surface area contributed by atoms with E-state index in [0.29, 0.717) is 28.4 Å². The van der Waals surface area contributed by atoms with E-state index in [1.54, 1.807) is 23.6 Å². The standard InChI is InChI=1S/C24H22N4O3S/c1-4-19(29)18-8-6-7-17(13-18)15-9-11-16(12-10-15)22(23(30)25-3)28-24(31)27-20-14-32-21(5-2)26-20/h2,6-14,22H,4H2,1,3H3,(H,25,30)(H2,27,28,31)/t22-/m1/s1. The van der Waals surface area contributed by atoms with Gasteiger partial charge in [0.1, 0.15) is 11.9 Å². The third kappa shape index (κ3) is 5.39. The number of ketones is 1. The van der Waals surface area contributed by atoms with Gasteiger partial charge in [0, 0.05) is 24.4 Å². The van der Waals surface area contributed by atoms with E-state index in [9.17, 15) is 14.4 Å². The van der Waals surface area contributed by atoms with Gasteiger partial charge in [0.25, 0.3) is 0 Å². The number of rotatable bonds is 7. The molecule has 3 N–H and O–H groups in total. The summed E-state index contributed by atoms with van der Waals surface area (Å²) in [5.41, 5.74) is 3.05. The molecule has 0 aliphatic rings. The summed E-state index contributed by atoms with van der Waals surface area (Å²) in [6.07, 6.45) is 5.73. The van der Waals surface area contributed by atoms with Crippen LogP contribution in [0.1, 0.15) is 40.3 Å². The number of nitrogens with one attached hydrogen (secondary N) is 3. The molecule has 0 saturated carbocycles. The van der Waals surface area contributed by atoms with Crippen LogP contribution in [-0.4, -0.2) is 29.8 Å². The van der Waals surface area contributed by atoms with Crippen LogP contribution >= 0.6 is 11.3 Å². The van der Waals surface area contributed by atoms with E-state index in [0.717, 1.165) is 11.1 Å². The summed E-state index contributed by atoms with van der Waals surface area (Å²) in [6, 6.07) is 13.1. The van der Waals surface area contributed by atoms with E-state index in [1.807, 2.05) is 37.3 Å². The molecule has 1 atom stereocenters. The van der Waals surface area contributed by atoms with Crippen LogP contribution in [-0.2, 0) is 4.79 Å². The Hall–Kier alpha value is -3.96. The molecule has 7 nitrogen and oxygen atoms in total. The van der Waals surface area contributed by atoms with Gasteiger partial charge in [-0.1, -0.05) is 49.4 Å². The zero-order chi connectivity index (χ0) is 23.1. The Balaban J connectivity index is 1.78. The van der Waals surface area contributed by atoms with Crippen molar-refractivity contribution in [2.75, 3.05) is 12.4 Å². The van der Waals surface area contributed by atoms with Crippen molar-refractivity contribution in [2.45, 2.75) is 19.4 Å². The summed E-state index contributed by atoms with van der Waals surface area (Å²) in [4.78, 5) is 40.9. The second-order valence-electron chi connectivity index (χ2n) is 6.81. The fourth-order valence-corrected chi connectivity index (χ4v) is 3.62. The Morgan fingerprint density at radius 2 is 1.88 bits per heavy atom. The van der Waals surface area contributed by atoms with Gasteiger partial charge in [-0.3, -0.25) is 14.9 Å². The summed E-state index contributed by atoms with van der Waals surface area (Å²) in [5, 5.41) is 9.86. The van der Waals surface area contributed by atoms with E-state index >= 15 is 0 Å². The molecule has 32 heavy (non-hydrogen) atoms. The molecule has 8 heteroatoms. The van der Waals surface area contributed by atoms with Crippen molar-refractivity contribution in [3.05, 3.63) is 70.0 Å². The van der Waals surface area contributed by atoms with Gasteiger partial charge >= 0.3 is 6.03 Å². The van der Waals surface area contributed by atoms with E-state index in [2.05, 4.69) is 26.9 Å². The van der Waals surface area contributed by atoms with Gasteiger partial charge in [0.05, 0.1) is 0 Å². The predicted molar refractivity (Wildman–Crippen MR) is 126 cm³/mol. The molecule has 3 rings (SSSR count). The molecule has 0 spiro atoms. The minimum atomic E-state index is -0.909. The molecule has 0 fully saturated rings. The Morgan fingerprint density at radius 1 is 1.12 bits per heavy atom. The average Bonchev–Trinajstić information content (AvgIpc) is 3.29. The van der Waals surface area contributed by atoms with Crippen LogP contribution in [0.5, 0.6) is 0 Å². The first-order valence-electron chi connectivity index (χ1n) is 9.90. The number of hydrogen-bond acceptors (Lipinski definition) is 5. The highest BCUT2D eigenvalue weighted by Gasteiger charge is 2.22. The number of aromatic nitrogens is 1. The lowest BCUT2D eigenvalue weighted by Crippen LogP contribution is -2.41. The number of urea groups is 1. The normalized spacial score (nSPS) is 11.2. The molecule has 162 valence electrons. The van der Waals surface area contributed by atoms with Crippen LogP contribution in [0.25, 0.3) is 11.1 Å². The van der Waals surface area contributed by atoms with E-state index in [-0.39, 0.29) is 11.7 Å². The number of thiazole rings is 1. The van der Waals surface area contributed by atoms with Crippen LogP contribution in [0.15, 0.2) is 53.9 Å². The zero-order valence-electron chi connectivity index (χ0n) is 17.6. The fourth-order valence-electron chi connectivity index (χ4n) is 3.07. The van der Waals surface area contributed by atoms with Crippen LogP contribution in [0.3, 0.4) is 0 Å². The molecule has 3 aromatic rings. The highest BCUT2D eigenvalue weighted by molar-refractivity contribution is 7.10. The van der Waals surface area contributed by atoms with E-state index in [1.165, 1.54) is 18.4 Å². The van der Waals surface area contributed by atoms with Gasteiger partial charge in [-0.05, 0) is 28.7 Å². The largest absolute Gasteiger partial charge is 0.357 e. The lowest BCUT2D eigenvalue weighted by molar-refractivity contribution is -0.122. The van der Waals surface area contributed by atoms with Gasteiger partial charge in [-0.2, -0.15) is 0 Å². The molecule has 0 saturated heterocycles. The minimum absolute atomic E-state index is 0.0767. The van der Waals surface area contributed by atoms with Crippen molar-refractivity contribution in [2.24, 2.45) is 0 Å². The van der Waals surface area contributed by atoms with Gasteiger partial charge in [-0.25, -0.2) is 9.78 Å². The molecule has 0 radical (unpaired) electrons. The van der Waals surface area contributed by atoms with Crippen molar-refractivity contribution < 1.29 is 14.4 Å². The van der Waals surface area contributed by atoms with E-state index < -0.39 is 12.1 Å². The summed E-state index contributed by atoms with van der Waals surface area (Å²) in [5.74, 6) is 2.42. The number of likely N-dealkylation sites (N-methyl/N-ethyl adjacent to an activating group) is 1. The number of terminal acetylenes is 1. The van der Waals surface area contributed by atoms with Crippen molar-refractivity contribution in [1.29, 1.82) is 0 Å². The number of nitrogens with zero attached hydrogens (tertiary/aromatic N) is 1. The molecule has 0 bridgehead atoms. The Kier molecular flexibility index (Phi) is 7.37. The molecular weight excluding hydrogens is 424 g/mol. The third-order valence-corrected chi connectivity index (χ3v) is 5.51. The quantitative estimate of drug-likeness (QED) is 0.377. The van der Waals surface area contributed by atoms with Gasteiger partial charge in [0.15, 0.2) is 10.8 Å². The molecular formula is C24H22N4O3S.